The first-order valence-corrected chi connectivity index (χ1v) is 9.77. The number of fused-ring (bicyclic) bond motifs is 2. The van der Waals surface area contributed by atoms with Crippen LogP contribution in [0.15, 0.2) is 24.3 Å². The first-order valence-electron chi connectivity index (χ1n) is 9.77. The van der Waals surface area contributed by atoms with Gasteiger partial charge in [-0.1, -0.05) is 24.6 Å². The van der Waals surface area contributed by atoms with Crippen molar-refractivity contribution in [3.8, 4) is 0 Å². The van der Waals surface area contributed by atoms with Crippen molar-refractivity contribution in [2.24, 2.45) is 0 Å². The summed E-state index contributed by atoms with van der Waals surface area (Å²) in [6.07, 6.45) is 3.71. The fraction of sp³-hybridized carbons (Fsp3) is 0.429. The van der Waals surface area contributed by atoms with Crippen LogP contribution in [0.4, 0.5) is 4.79 Å². The molecule has 1 N–H and O–H groups in total. The predicted molar refractivity (Wildman–Crippen MR) is 103 cm³/mol. The average molecular weight is 381 g/mol. The van der Waals surface area contributed by atoms with E-state index < -0.39 is 24.0 Å². The van der Waals surface area contributed by atoms with Gasteiger partial charge in [0, 0.05) is 24.2 Å². The summed E-state index contributed by atoms with van der Waals surface area (Å²) in [5.74, 6) is -1.04. The van der Waals surface area contributed by atoms with Crippen molar-refractivity contribution < 1.29 is 19.1 Å². The molecule has 1 aliphatic carbocycles. The lowest BCUT2D eigenvalue weighted by atomic mass is 9.97. The number of hydrogen-bond acceptors (Lipinski definition) is 5. The molecule has 0 radical (unpaired) electrons. The van der Waals surface area contributed by atoms with Crippen LogP contribution >= 0.6 is 0 Å². The number of carbonyl (C=O) groups excluding carboxylic acids is 3. The number of nitrogens with one attached hydrogen (secondary N) is 1. The van der Waals surface area contributed by atoms with E-state index in [9.17, 15) is 14.4 Å². The molecule has 7 heteroatoms. The van der Waals surface area contributed by atoms with Gasteiger partial charge in [0.1, 0.15) is 0 Å². The minimum Gasteiger partial charge on any atom is -0.449 e. The van der Waals surface area contributed by atoms with Crippen molar-refractivity contribution >= 4 is 28.8 Å². The van der Waals surface area contributed by atoms with E-state index in [0.29, 0.717) is 12.1 Å². The third-order valence-electron chi connectivity index (χ3n) is 5.38. The van der Waals surface area contributed by atoms with Gasteiger partial charge in [-0.25, -0.2) is 9.59 Å². The Bertz CT molecular complexity index is 956. The van der Waals surface area contributed by atoms with Gasteiger partial charge in [-0.3, -0.25) is 14.7 Å². The van der Waals surface area contributed by atoms with E-state index in [1.807, 2.05) is 24.3 Å². The molecule has 0 spiro atoms. The summed E-state index contributed by atoms with van der Waals surface area (Å²) in [6.45, 7) is 2.20. The molecule has 146 valence electrons. The SMILES string of the molecule is C[C@H](OC(=O)c1c2c(nc3ccccc13)CCCCC2)C(=O)N1CCNC1=O. The molecule has 4 rings (SSSR count). The Labute approximate surface area is 163 Å². The van der Waals surface area contributed by atoms with Crippen molar-refractivity contribution in [2.75, 3.05) is 13.1 Å². The highest BCUT2D eigenvalue weighted by Gasteiger charge is 2.33. The zero-order chi connectivity index (χ0) is 19.7. The van der Waals surface area contributed by atoms with Gasteiger partial charge in [-0.05, 0) is 44.2 Å². The molecule has 1 aliphatic heterocycles. The number of aromatic nitrogens is 1. The van der Waals surface area contributed by atoms with Crippen molar-refractivity contribution in [3.63, 3.8) is 0 Å². The Hall–Kier alpha value is -2.96. The van der Waals surface area contributed by atoms with E-state index >= 15 is 0 Å². The number of carbonyl (C=O) groups is 3. The number of urea groups is 1. The lowest BCUT2D eigenvalue weighted by Crippen LogP contribution is -2.41. The molecule has 1 aromatic carbocycles. The molecule has 2 heterocycles. The topological polar surface area (TPSA) is 88.6 Å². The van der Waals surface area contributed by atoms with Crippen molar-refractivity contribution in [1.82, 2.24) is 15.2 Å². The highest BCUT2D eigenvalue weighted by atomic mass is 16.5. The standard InChI is InChI=1S/C21H23N3O4/c1-13(19(25)24-12-11-22-21(24)27)28-20(26)18-14-7-3-2-4-9-16(14)23-17-10-6-5-8-15(17)18/h5-6,8,10,13H,2-4,7,9,11-12H2,1H3,(H,22,27)/t13-/m0/s1. The van der Waals surface area contributed by atoms with E-state index in [2.05, 4.69) is 5.32 Å². The maximum absolute atomic E-state index is 13.1. The van der Waals surface area contributed by atoms with Gasteiger partial charge in [-0.15, -0.1) is 0 Å². The van der Waals surface area contributed by atoms with Gasteiger partial charge in [-0.2, -0.15) is 0 Å². The number of amides is 3. The number of aryl methyl sites for hydroxylation is 1. The zero-order valence-corrected chi connectivity index (χ0v) is 15.9. The van der Waals surface area contributed by atoms with E-state index in [0.717, 1.165) is 59.2 Å². The lowest BCUT2D eigenvalue weighted by Gasteiger charge is -2.20. The summed E-state index contributed by atoms with van der Waals surface area (Å²) in [5, 5.41) is 3.32. The quantitative estimate of drug-likeness (QED) is 0.652. The molecule has 1 saturated heterocycles. The number of nitrogens with zero attached hydrogens (tertiary/aromatic N) is 2. The number of imide groups is 1. The molecule has 0 bridgehead atoms. The van der Waals surface area contributed by atoms with Gasteiger partial charge < -0.3 is 10.1 Å². The maximum atomic E-state index is 13.1. The minimum atomic E-state index is -1.04. The van der Waals surface area contributed by atoms with Crippen LogP contribution in [-0.2, 0) is 22.4 Å². The third kappa shape index (κ3) is 3.32. The van der Waals surface area contributed by atoms with E-state index in [1.165, 1.54) is 6.92 Å². The second-order valence-electron chi connectivity index (χ2n) is 7.26. The monoisotopic (exact) mass is 381 g/mol. The Balaban J connectivity index is 1.67. The molecule has 2 aliphatic rings. The van der Waals surface area contributed by atoms with Crippen LogP contribution in [0.3, 0.4) is 0 Å². The number of benzene rings is 1. The van der Waals surface area contributed by atoms with Gasteiger partial charge in [0.05, 0.1) is 11.1 Å². The van der Waals surface area contributed by atoms with Crippen LogP contribution < -0.4 is 5.32 Å². The molecule has 0 saturated carbocycles. The van der Waals surface area contributed by atoms with Crippen molar-refractivity contribution in [3.05, 3.63) is 41.1 Å². The molecular formula is C21H23N3O4. The number of rotatable bonds is 3. The predicted octanol–water partition coefficient (Wildman–Crippen LogP) is 2.60. The van der Waals surface area contributed by atoms with E-state index in [1.54, 1.807) is 0 Å². The maximum Gasteiger partial charge on any atom is 0.339 e. The zero-order valence-electron chi connectivity index (χ0n) is 15.9. The van der Waals surface area contributed by atoms with Gasteiger partial charge >= 0.3 is 12.0 Å². The molecule has 1 aromatic heterocycles. The first-order chi connectivity index (χ1) is 13.6. The highest BCUT2D eigenvalue weighted by molar-refractivity contribution is 6.06. The number of esters is 1. The second kappa shape index (κ2) is 7.58. The van der Waals surface area contributed by atoms with Crippen LogP contribution in [0.25, 0.3) is 10.9 Å². The van der Waals surface area contributed by atoms with Gasteiger partial charge in [0.2, 0.25) is 0 Å². The molecule has 7 nitrogen and oxygen atoms in total. The largest absolute Gasteiger partial charge is 0.449 e. The van der Waals surface area contributed by atoms with Crippen LogP contribution in [0.5, 0.6) is 0 Å². The number of ether oxygens (including phenoxy) is 1. The highest BCUT2D eigenvalue weighted by Crippen LogP contribution is 2.29. The smallest absolute Gasteiger partial charge is 0.339 e. The lowest BCUT2D eigenvalue weighted by molar-refractivity contribution is -0.136. The van der Waals surface area contributed by atoms with Crippen molar-refractivity contribution in [1.29, 1.82) is 0 Å². The fourth-order valence-electron chi connectivity index (χ4n) is 3.95. The molecule has 0 unspecified atom stereocenters. The Morgan fingerprint density at radius 2 is 1.96 bits per heavy atom. The normalized spacial score (nSPS) is 17.6. The van der Waals surface area contributed by atoms with Crippen LogP contribution in [0.2, 0.25) is 0 Å². The average Bonchev–Trinajstić information content (AvgIpc) is 2.98. The Morgan fingerprint density at radius 1 is 1.18 bits per heavy atom. The number of hydrogen-bond donors (Lipinski definition) is 1. The number of para-hydroxylation sites is 1. The molecule has 3 amide bonds. The van der Waals surface area contributed by atoms with Gasteiger partial charge in [0.25, 0.3) is 5.91 Å². The summed E-state index contributed by atoms with van der Waals surface area (Å²) in [5.41, 5.74) is 3.14. The van der Waals surface area contributed by atoms with Crippen molar-refractivity contribution in [2.45, 2.75) is 45.1 Å². The Kier molecular flexibility index (Phi) is 4.98. The molecular weight excluding hydrogens is 358 g/mol. The van der Waals surface area contributed by atoms with Crippen LogP contribution in [-0.4, -0.2) is 47.0 Å². The molecule has 2 aromatic rings. The molecule has 1 fully saturated rings. The fourth-order valence-corrected chi connectivity index (χ4v) is 3.95. The summed E-state index contributed by atoms with van der Waals surface area (Å²) < 4.78 is 5.54. The summed E-state index contributed by atoms with van der Waals surface area (Å²) in [7, 11) is 0. The minimum absolute atomic E-state index is 0.285. The molecule has 1 atom stereocenters. The second-order valence-corrected chi connectivity index (χ2v) is 7.26. The Morgan fingerprint density at radius 3 is 2.75 bits per heavy atom. The number of pyridine rings is 1. The van der Waals surface area contributed by atoms with Gasteiger partial charge in [0.15, 0.2) is 6.10 Å². The van der Waals surface area contributed by atoms with Crippen LogP contribution in [0.1, 0.15) is 47.8 Å². The molecule has 28 heavy (non-hydrogen) atoms. The summed E-state index contributed by atoms with van der Waals surface area (Å²) >= 11 is 0. The first kappa shape index (κ1) is 18.4. The summed E-state index contributed by atoms with van der Waals surface area (Å²) in [6, 6.07) is 7.07. The third-order valence-corrected chi connectivity index (χ3v) is 5.38. The summed E-state index contributed by atoms with van der Waals surface area (Å²) in [4.78, 5) is 43.2. The van der Waals surface area contributed by atoms with E-state index in [-0.39, 0.29) is 6.54 Å². The van der Waals surface area contributed by atoms with E-state index in [4.69, 9.17) is 9.72 Å². The van der Waals surface area contributed by atoms with Crippen LogP contribution in [0, 0.1) is 0 Å².